The van der Waals surface area contributed by atoms with Gasteiger partial charge in [0.05, 0.1) is 14.2 Å². The molecule has 1 atom stereocenters. The summed E-state index contributed by atoms with van der Waals surface area (Å²) in [6, 6.07) is 6.95. The molecular weight excluding hydrogens is 488 g/mol. The van der Waals surface area contributed by atoms with Crippen LogP contribution in [0.1, 0.15) is 52.4 Å². The van der Waals surface area contributed by atoms with Crippen molar-refractivity contribution in [3.05, 3.63) is 69.9 Å². The third-order valence-corrected chi connectivity index (χ3v) is 6.97. The van der Waals surface area contributed by atoms with Crippen LogP contribution in [0.25, 0.3) is 10.9 Å². The lowest BCUT2D eigenvalue weighted by atomic mass is 9.94. The number of nitrogens with one attached hydrogen (secondary N) is 2. The summed E-state index contributed by atoms with van der Waals surface area (Å²) >= 11 is 0. The van der Waals surface area contributed by atoms with E-state index in [1.165, 1.54) is 14.2 Å². The summed E-state index contributed by atoms with van der Waals surface area (Å²) in [4.78, 5) is 40.4. The topological polar surface area (TPSA) is 127 Å². The number of allylic oxidation sites excluding steroid dienone is 2. The summed E-state index contributed by atoms with van der Waals surface area (Å²) in [6.07, 6.45) is 4.96. The summed E-state index contributed by atoms with van der Waals surface area (Å²) in [5.41, 5.74) is 4.86. The van der Waals surface area contributed by atoms with Crippen molar-refractivity contribution in [3.63, 3.8) is 0 Å². The fraction of sp³-hybridized carbons (Fsp3) is 0.345. The number of carbonyl (C=O) groups is 3. The molecule has 0 radical (unpaired) electrons. The average molecular weight is 521 g/mol. The first-order valence-corrected chi connectivity index (χ1v) is 12.4. The quantitative estimate of drug-likeness (QED) is 0.272. The fourth-order valence-corrected chi connectivity index (χ4v) is 4.84. The van der Waals surface area contributed by atoms with Crippen molar-refractivity contribution >= 4 is 28.7 Å². The van der Waals surface area contributed by atoms with E-state index in [1.807, 2.05) is 50.4 Å². The maximum atomic E-state index is 12.7. The van der Waals surface area contributed by atoms with Crippen molar-refractivity contribution in [2.24, 2.45) is 0 Å². The fourth-order valence-electron chi connectivity index (χ4n) is 4.84. The van der Waals surface area contributed by atoms with Gasteiger partial charge in [0, 0.05) is 41.1 Å². The summed E-state index contributed by atoms with van der Waals surface area (Å²) in [5, 5.41) is 14.6. The van der Waals surface area contributed by atoms with Crippen LogP contribution in [0.4, 0.5) is 0 Å². The Morgan fingerprint density at radius 3 is 2.74 bits per heavy atom. The molecule has 9 nitrogen and oxygen atoms in total. The Morgan fingerprint density at radius 1 is 1.24 bits per heavy atom. The highest BCUT2D eigenvalue weighted by atomic mass is 16.5. The van der Waals surface area contributed by atoms with Gasteiger partial charge in [-0.15, -0.1) is 0 Å². The third kappa shape index (κ3) is 5.37. The lowest BCUT2D eigenvalue weighted by Gasteiger charge is -2.17. The van der Waals surface area contributed by atoms with Crippen LogP contribution < -0.4 is 10.1 Å². The molecule has 4 rings (SSSR count). The average Bonchev–Trinajstić information content (AvgIpc) is 3.51. The van der Waals surface area contributed by atoms with Crippen LogP contribution >= 0.6 is 0 Å². The summed E-state index contributed by atoms with van der Waals surface area (Å²) in [7, 11) is 2.82. The smallest absolute Gasteiger partial charge is 0.342 e. The van der Waals surface area contributed by atoms with Gasteiger partial charge in [0.15, 0.2) is 0 Å². The molecule has 1 aliphatic rings. The van der Waals surface area contributed by atoms with Crippen molar-refractivity contribution in [2.45, 2.75) is 52.2 Å². The number of esters is 2. The molecule has 0 saturated carbocycles. The number of cyclic esters (lactones) is 1. The first-order valence-electron chi connectivity index (χ1n) is 12.4. The maximum Gasteiger partial charge on any atom is 0.342 e. The molecule has 200 valence electrons. The predicted octanol–water partition coefficient (Wildman–Crippen LogP) is 4.03. The number of aromatic nitrogens is 1. The van der Waals surface area contributed by atoms with Crippen molar-refractivity contribution in [1.29, 1.82) is 0 Å². The second-order valence-electron chi connectivity index (χ2n) is 9.38. The number of carbonyl (C=O) groups excluding carboxylic acids is 3. The molecule has 38 heavy (non-hydrogen) atoms. The minimum absolute atomic E-state index is 0.112. The Morgan fingerprint density at radius 2 is 2.00 bits per heavy atom. The van der Waals surface area contributed by atoms with Crippen molar-refractivity contribution in [3.8, 4) is 11.5 Å². The number of aromatic amines is 1. The molecule has 2 aromatic carbocycles. The van der Waals surface area contributed by atoms with E-state index in [-0.39, 0.29) is 30.2 Å². The van der Waals surface area contributed by atoms with Gasteiger partial charge in [-0.1, -0.05) is 29.8 Å². The maximum absolute atomic E-state index is 12.7. The molecule has 9 heteroatoms. The standard InChI is InChI=1S/C29H32N2O7/c1-16(9-11-20-26(33)25-21(15-38-29(25)35)17(2)27(20)36-3)10-12-24(32)31-23(28(34)37-4)13-18-14-30-22-8-6-5-7-19(18)22/h5-9,14,23,30,33H,10-13,15H2,1-4H3,(H,31,32)/b16-9+/t23-/m0/s1. The number of rotatable bonds is 10. The van der Waals surface area contributed by atoms with E-state index in [9.17, 15) is 19.5 Å². The number of hydrogen-bond donors (Lipinski definition) is 3. The Hall–Kier alpha value is -4.27. The number of amides is 1. The van der Waals surface area contributed by atoms with Gasteiger partial charge in [-0.3, -0.25) is 4.79 Å². The number of ether oxygens (including phenoxy) is 3. The molecule has 0 saturated heterocycles. The van der Waals surface area contributed by atoms with Crippen LogP contribution in [0.2, 0.25) is 0 Å². The minimum Gasteiger partial charge on any atom is -0.507 e. The zero-order valence-corrected chi connectivity index (χ0v) is 22.0. The van der Waals surface area contributed by atoms with E-state index in [2.05, 4.69) is 10.3 Å². The van der Waals surface area contributed by atoms with Crippen molar-refractivity contribution in [1.82, 2.24) is 10.3 Å². The minimum atomic E-state index is -0.814. The highest BCUT2D eigenvalue weighted by Crippen LogP contribution is 2.42. The largest absolute Gasteiger partial charge is 0.507 e. The first-order chi connectivity index (χ1) is 18.2. The zero-order valence-electron chi connectivity index (χ0n) is 22.0. The SMILES string of the molecule is COC(=O)[C@H](Cc1c[nH]c2ccccc12)NC(=O)CC/C(C)=C/Cc1c(O)c2c(c(C)c1OC)COC2=O. The number of phenolic OH excluding ortho intramolecular Hbond substituents is 1. The van der Waals surface area contributed by atoms with Gasteiger partial charge in [-0.05, 0) is 43.9 Å². The third-order valence-electron chi connectivity index (χ3n) is 6.97. The predicted molar refractivity (Wildman–Crippen MR) is 141 cm³/mol. The van der Waals surface area contributed by atoms with Crippen LogP contribution in [-0.2, 0) is 38.5 Å². The van der Waals surface area contributed by atoms with Crippen LogP contribution in [0.5, 0.6) is 11.5 Å². The van der Waals surface area contributed by atoms with Crippen LogP contribution in [-0.4, -0.2) is 48.2 Å². The lowest BCUT2D eigenvalue weighted by Crippen LogP contribution is -2.43. The molecule has 0 fully saturated rings. The monoisotopic (exact) mass is 520 g/mol. The molecule has 0 aliphatic carbocycles. The molecule has 3 aromatic rings. The van der Waals surface area contributed by atoms with Gasteiger partial charge in [-0.2, -0.15) is 0 Å². The number of H-pyrrole nitrogens is 1. The van der Waals surface area contributed by atoms with E-state index < -0.39 is 18.0 Å². The first kappa shape index (κ1) is 26.8. The number of fused-ring (bicyclic) bond motifs is 2. The molecule has 2 heterocycles. The molecule has 1 aromatic heterocycles. The number of phenols is 1. The Labute approximate surface area is 220 Å². The number of methoxy groups -OCH3 is 2. The Bertz CT molecular complexity index is 1420. The lowest BCUT2D eigenvalue weighted by molar-refractivity contribution is -0.145. The second-order valence-corrected chi connectivity index (χ2v) is 9.38. The van der Waals surface area contributed by atoms with E-state index in [4.69, 9.17) is 14.2 Å². The van der Waals surface area contributed by atoms with Gasteiger partial charge < -0.3 is 29.6 Å². The van der Waals surface area contributed by atoms with Crippen LogP contribution in [0, 0.1) is 6.92 Å². The zero-order chi connectivity index (χ0) is 27.4. The number of aromatic hydroxyl groups is 1. The van der Waals surface area contributed by atoms with Gasteiger partial charge in [0.2, 0.25) is 5.91 Å². The van der Waals surface area contributed by atoms with Gasteiger partial charge in [0.1, 0.15) is 29.7 Å². The van der Waals surface area contributed by atoms with Gasteiger partial charge >= 0.3 is 11.9 Å². The molecule has 0 unspecified atom stereocenters. The van der Waals surface area contributed by atoms with Crippen LogP contribution in [0.3, 0.4) is 0 Å². The highest BCUT2D eigenvalue weighted by Gasteiger charge is 2.32. The molecule has 0 bridgehead atoms. The van der Waals surface area contributed by atoms with Gasteiger partial charge in [0.25, 0.3) is 0 Å². The summed E-state index contributed by atoms with van der Waals surface area (Å²) in [6.45, 7) is 3.83. The molecule has 1 aliphatic heterocycles. The van der Waals surface area contributed by atoms with E-state index >= 15 is 0 Å². The molecule has 0 spiro atoms. The van der Waals surface area contributed by atoms with Gasteiger partial charge in [-0.25, -0.2) is 9.59 Å². The second kappa shape index (κ2) is 11.4. The molecule has 1 amide bonds. The van der Waals surface area contributed by atoms with Crippen LogP contribution in [0.15, 0.2) is 42.1 Å². The van der Waals surface area contributed by atoms with Crippen molar-refractivity contribution < 1.29 is 33.7 Å². The van der Waals surface area contributed by atoms with E-state index in [0.29, 0.717) is 36.1 Å². The van der Waals surface area contributed by atoms with E-state index in [1.54, 1.807) is 0 Å². The number of hydrogen-bond acceptors (Lipinski definition) is 7. The van der Waals surface area contributed by atoms with E-state index in [0.717, 1.165) is 27.6 Å². The highest BCUT2D eigenvalue weighted by molar-refractivity contribution is 5.98. The normalized spacial score (nSPS) is 13.7. The molecular formula is C29H32N2O7. The summed E-state index contributed by atoms with van der Waals surface area (Å²) in [5.74, 6) is -0.951. The Kier molecular flexibility index (Phi) is 8.05. The summed E-state index contributed by atoms with van der Waals surface area (Å²) < 4.78 is 15.5. The van der Waals surface area contributed by atoms with Crippen molar-refractivity contribution in [2.75, 3.05) is 14.2 Å². The number of para-hydroxylation sites is 1. The molecule has 3 N–H and O–H groups in total. The Balaban J connectivity index is 1.40. The number of benzene rings is 2.